The van der Waals surface area contributed by atoms with E-state index in [-0.39, 0.29) is 5.60 Å². The van der Waals surface area contributed by atoms with Crippen molar-refractivity contribution in [2.75, 3.05) is 20.2 Å². The minimum Gasteiger partial charge on any atom is -0.378 e. The SMILES string of the molecule is COC1(Cc2cnnn2C)CCNCC1. The summed E-state index contributed by atoms with van der Waals surface area (Å²) in [7, 11) is 3.72. The maximum Gasteiger partial charge on any atom is 0.0758 e. The predicted octanol–water partition coefficient (Wildman–Crippen LogP) is 0.126. The normalized spacial score (nSPS) is 20.4. The van der Waals surface area contributed by atoms with Gasteiger partial charge in [-0.3, -0.25) is 4.68 Å². The Bertz CT molecular complexity index is 317. The van der Waals surface area contributed by atoms with Crippen molar-refractivity contribution in [2.24, 2.45) is 7.05 Å². The van der Waals surface area contributed by atoms with Crippen molar-refractivity contribution < 1.29 is 4.74 Å². The monoisotopic (exact) mass is 210 g/mol. The molecule has 0 atom stereocenters. The Morgan fingerprint density at radius 3 is 2.80 bits per heavy atom. The topological polar surface area (TPSA) is 52.0 Å². The zero-order chi connectivity index (χ0) is 10.7. The van der Waals surface area contributed by atoms with Crippen molar-refractivity contribution in [2.45, 2.75) is 24.9 Å². The van der Waals surface area contributed by atoms with Gasteiger partial charge < -0.3 is 10.1 Å². The first-order chi connectivity index (χ1) is 7.26. The van der Waals surface area contributed by atoms with Gasteiger partial charge in [0, 0.05) is 20.6 Å². The number of piperidine rings is 1. The number of hydrogen-bond acceptors (Lipinski definition) is 4. The Labute approximate surface area is 89.8 Å². The zero-order valence-electron chi connectivity index (χ0n) is 9.36. The van der Waals surface area contributed by atoms with Crippen molar-refractivity contribution >= 4 is 0 Å². The van der Waals surface area contributed by atoms with Gasteiger partial charge in [0.25, 0.3) is 0 Å². The van der Waals surface area contributed by atoms with E-state index in [1.165, 1.54) is 0 Å². The quantitative estimate of drug-likeness (QED) is 0.770. The first-order valence-corrected chi connectivity index (χ1v) is 5.35. The van der Waals surface area contributed by atoms with Gasteiger partial charge in [-0.1, -0.05) is 5.21 Å². The summed E-state index contributed by atoms with van der Waals surface area (Å²) in [5.41, 5.74) is 1.11. The number of nitrogens with one attached hydrogen (secondary N) is 1. The number of rotatable bonds is 3. The van der Waals surface area contributed by atoms with E-state index in [1.807, 2.05) is 17.9 Å². The van der Waals surface area contributed by atoms with E-state index in [9.17, 15) is 0 Å². The van der Waals surface area contributed by atoms with E-state index in [1.54, 1.807) is 7.11 Å². The third-order valence-electron chi connectivity index (χ3n) is 3.26. The van der Waals surface area contributed by atoms with E-state index in [4.69, 9.17) is 4.74 Å². The largest absolute Gasteiger partial charge is 0.378 e. The molecule has 0 unspecified atom stereocenters. The molecule has 1 aliphatic heterocycles. The van der Waals surface area contributed by atoms with Gasteiger partial charge in [-0.15, -0.1) is 5.10 Å². The van der Waals surface area contributed by atoms with Crippen LogP contribution in [0.3, 0.4) is 0 Å². The van der Waals surface area contributed by atoms with Gasteiger partial charge in [-0.2, -0.15) is 0 Å². The molecule has 0 aliphatic carbocycles. The van der Waals surface area contributed by atoms with Gasteiger partial charge in [-0.25, -0.2) is 0 Å². The minimum atomic E-state index is -0.0271. The Morgan fingerprint density at radius 1 is 1.53 bits per heavy atom. The van der Waals surface area contributed by atoms with Crippen molar-refractivity contribution in [3.05, 3.63) is 11.9 Å². The molecule has 1 aliphatic rings. The fraction of sp³-hybridized carbons (Fsp3) is 0.800. The molecule has 1 aromatic rings. The highest BCUT2D eigenvalue weighted by Crippen LogP contribution is 2.26. The van der Waals surface area contributed by atoms with E-state index < -0.39 is 0 Å². The van der Waals surface area contributed by atoms with Gasteiger partial charge in [0.1, 0.15) is 0 Å². The van der Waals surface area contributed by atoms with Crippen LogP contribution in [0, 0.1) is 0 Å². The average molecular weight is 210 g/mol. The van der Waals surface area contributed by atoms with E-state index in [0.717, 1.165) is 38.0 Å². The van der Waals surface area contributed by atoms with Crippen molar-refractivity contribution in [1.29, 1.82) is 0 Å². The number of ether oxygens (including phenoxy) is 1. The highest BCUT2D eigenvalue weighted by atomic mass is 16.5. The van der Waals surface area contributed by atoms with Crippen LogP contribution in [0.1, 0.15) is 18.5 Å². The number of nitrogens with zero attached hydrogens (tertiary/aromatic N) is 3. The Hall–Kier alpha value is -0.940. The smallest absolute Gasteiger partial charge is 0.0758 e. The molecule has 84 valence electrons. The maximum atomic E-state index is 5.70. The van der Waals surface area contributed by atoms with Crippen LogP contribution in [-0.4, -0.2) is 40.8 Å². The van der Waals surface area contributed by atoms with Crippen molar-refractivity contribution in [3.8, 4) is 0 Å². The Kier molecular flexibility index (Phi) is 3.02. The second-order valence-electron chi connectivity index (χ2n) is 4.16. The lowest BCUT2D eigenvalue weighted by atomic mass is 9.87. The standard InChI is InChI=1S/C10H18N4O/c1-14-9(8-12-13-14)7-10(15-2)3-5-11-6-4-10/h8,11H,3-7H2,1-2H3. The predicted molar refractivity (Wildman–Crippen MR) is 56.6 cm³/mol. The van der Waals surface area contributed by atoms with Crippen LogP contribution in [0.5, 0.6) is 0 Å². The van der Waals surface area contributed by atoms with Gasteiger partial charge in [0.2, 0.25) is 0 Å². The third-order valence-corrected chi connectivity index (χ3v) is 3.26. The Morgan fingerprint density at radius 2 is 2.27 bits per heavy atom. The molecule has 15 heavy (non-hydrogen) atoms. The molecule has 2 rings (SSSR count). The van der Waals surface area contributed by atoms with Crippen LogP contribution in [0.25, 0.3) is 0 Å². The second kappa shape index (κ2) is 4.28. The highest BCUT2D eigenvalue weighted by Gasteiger charge is 2.32. The molecule has 0 radical (unpaired) electrons. The van der Waals surface area contributed by atoms with Crippen molar-refractivity contribution in [1.82, 2.24) is 20.3 Å². The highest BCUT2D eigenvalue weighted by molar-refractivity contribution is 5.02. The summed E-state index contributed by atoms with van der Waals surface area (Å²) < 4.78 is 7.52. The summed E-state index contributed by atoms with van der Waals surface area (Å²) >= 11 is 0. The molecule has 1 N–H and O–H groups in total. The summed E-state index contributed by atoms with van der Waals surface area (Å²) in [6.45, 7) is 2.05. The fourth-order valence-electron chi connectivity index (χ4n) is 2.14. The van der Waals surface area contributed by atoms with Gasteiger partial charge in [0.15, 0.2) is 0 Å². The molecule has 0 spiro atoms. The van der Waals surface area contributed by atoms with Gasteiger partial charge in [0.05, 0.1) is 17.5 Å². The van der Waals surface area contributed by atoms with Crippen molar-refractivity contribution in [3.63, 3.8) is 0 Å². The molecule has 0 saturated carbocycles. The molecule has 0 aromatic carbocycles. The van der Waals surface area contributed by atoms with Crippen LogP contribution >= 0.6 is 0 Å². The van der Waals surface area contributed by atoms with E-state index in [0.29, 0.717) is 0 Å². The van der Waals surface area contributed by atoms with Crippen LogP contribution in [0.4, 0.5) is 0 Å². The lowest BCUT2D eigenvalue weighted by Crippen LogP contribution is -2.45. The molecule has 5 heteroatoms. The lowest BCUT2D eigenvalue weighted by molar-refractivity contribution is -0.0346. The number of hydrogen-bond donors (Lipinski definition) is 1. The summed E-state index contributed by atoms with van der Waals surface area (Å²) in [6, 6.07) is 0. The van der Waals surface area contributed by atoms with Crippen LogP contribution < -0.4 is 5.32 Å². The molecule has 5 nitrogen and oxygen atoms in total. The number of methoxy groups -OCH3 is 1. The molecule has 0 bridgehead atoms. The summed E-state index contributed by atoms with van der Waals surface area (Å²) in [5, 5.41) is 11.2. The third kappa shape index (κ3) is 2.18. The van der Waals surface area contributed by atoms with E-state index >= 15 is 0 Å². The maximum absolute atomic E-state index is 5.70. The zero-order valence-corrected chi connectivity index (χ0v) is 9.36. The molecular weight excluding hydrogens is 192 g/mol. The molecule has 1 fully saturated rings. The molecule has 0 amide bonds. The first kappa shape index (κ1) is 10.6. The second-order valence-corrected chi connectivity index (χ2v) is 4.16. The summed E-state index contributed by atoms with van der Waals surface area (Å²) in [6.07, 6.45) is 4.82. The number of aryl methyl sites for hydroxylation is 1. The fourth-order valence-corrected chi connectivity index (χ4v) is 2.14. The van der Waals surface area contributed by atoms with Gasteiger partial charge in [-0.05, 0) is 25.9 Å². The molecule has 1 saturated heterocycles. The molecule has 2 heterocycles. The van der Waals surface area contributed by atoms with Crippen LogP contribution in [0.2, 0.25) is 0 Å². The number of aromatic nitrogens is 3. The lowest BCUT2D eigenvalue weighted by Gasteiger charge is -2.36. The average Bonchev–Trinajstić information content (AvgIpc) is 2.66. The van der Waals surface area contributed by atoms with Crippen LogP contribution in [-0.2, 0) is 18.2 Å². The minimum absolute atomic E-state index is 0.0271. The van der Waals surface area contributed by atoms with Gasteiger partial charge >= 0.3 is 0 Å². The van der Waals surface area contributed by atoms with E-state index in [2.05, 4.69) is 15.6 Å². The summed E-state index contributed by atoms with van der Waals surface area (Å²) in [5.74, 6) is 0. The molecule has 1 aromatic heterocycles. The summed E-state index contributed by atoms with van der Waals surface area (Å²) in [4.78, 5) is 0. The van der Waals surface area contributed by atoms with Crippen LogP contribution in [0.15, 0.2) is 6.20 Å². The molecular formula is C10H18N4O. The first-order valence-electron chi connectivity index (χ1n) is 5.35. The Balaban J connectivity index is 2.10.